The van der Waals surface area contributed by atoms with Gasteiger partial charge in [-0.2, -0.15) is 0 Å². The van der Waals surface area contributed by atoms with Crippen LogP contribution in [-0.2, 0) is 16.0 Å². The molecule has 0 aliphatic heterocycles. The monoisotopic (exact) mass is 411 g/mol. The van der Waals surface area contributed by atoms with Crippen LogP contribution < -0.4 is 10.6 Å². The van der Waals surface area contributed by atoms with Crippen LogP contribution in [0.5, 0.6) is 0 Å². The van der Waals surface area contributed by atoms with Crippen LogP contribution >= 0.6 is 11.3 Å². The molecule has 3 rings (SSSR count). The van der Waals surface area contributed by atoms with Gasteiger partial charge in [-0.1, -0.05) is 0 Å². The zero-order chi connectivity index (χ0) is 20.6. The summed E-state index contributed by atoms with van der Waals surface area (Å²) in [5.74, 6) is -1.11. The molecule has 0 unspecified atom stereocenters. The van der Waals surface area contributed by atoms with Gasteiger partial charge in [-0.3, -0.25) is 19.9 Å². The number of carbonyl (C=O) groups is 3. The van der Waals surface area contributed by atoms with Crippen molar-refractivity contribution in [2.45, 2.75) is 13.3 Å². The Morgan fingerprint density at radius 3 is 2.59 bits per heavy atom. The third kappa shape index (κ3) is 5.66. The summed E-state index contributed by atoms with van der Waals surface area (Å²) in [6.07, 6.45) is 4.29. The van der Waals surface area contributed by atoms with E-state index in [1.54, 1.807) is 36.6 Å². The van der Waals surface area contributed by atoms with E-state index in [9.17, 15) is 14.4 Å². The number of anilines is 2. The minimum Gasteiger partial charge on any atom is -0.462 e. The molecular formula is C19H17N5O4S. The molecule has 148 valence electrons. The predicted molar refractivity (Wildman–Crippen MR) is 107 cm³/mol. The molecule has 29 heavy (non-hydrogen) atoms. The largest absolute Gasteiger partial charge is 0.462 e. The maximum absolute atomic E-state index is 12.2. The van der Waals surface area contributed by atoms with Crippen molar-refractivity contribution in [3.05, 3.63) is 65.2 Å². The quantitative estimate of drug-likeness (QED) is 0.573. The number of benzene rings is 1. The highest BCUT2D eigenvalue weighted by Gasteiger charge is 2.13. The summed E-state index contributed by atoms with van der Waals surface area (Å²) in [6, 6.07) is 6.41. The lowest BCUT2D eigenvalue weighted by Crippen LogP contribution is -2.15. The van der Waals surface area contributed by atoms with E-state index in [-0.39, 0.29) is 18.0 Å². The zero-order valence-corrected chi connectivity index (χ0v) is 16.2. The molecule has 2 amide bonds. The Kier molecular flexibility index (Phi) is 6.59. The average Bonchev–Trinajstić information content (AvgIpc) is 3.15. The fraction of sp³-hybridized carbons (Fsp3) is 0.158. The van der Waals surface area contributed by atoms with Crippen LogP contribution in [0.3, 0.4) is 0 Å². The molecule has 10 heteroatoms. The van der Waals surface area contributed by atoms with Crippen LogP contribution in [-0.4, -0.2) is 39.3 Å². The number of rotatable bonds is 7. The van der Waals surface area contributed by atoms with Crippen LogP contribution in [0.4, 0.5) is 10.8 Å². The van der Waals surface area contributed by atoms with Gasteiger partial charge < -0.3 is 10.1 Å². The molecule has 0 spiro atoms. The highest BCUT2D eigenvalue weighted by atomic mass is 32.1. The van der Waals surface area contributed by atoms with Gasteiger partial charge in [0.2, 0.25) is 5.91 Å². The van der Waals surface area contributed by atoms with E-state index in [0.29, 0.717) is 28.7 Å². The van der Waals surface area contributed by atoms with Gasteiger partial charge >= 0.3 is 5.97 Å². The predicted octanol–water partition coefficient (Wildman–Crippen LogP) is 2.54. The van der Waals surface area contributed by atoms with E-state index in [1.807, 2.05) is 0 Å². The van der Waals surface area contributed by atoms with Gasteiger partial charge in [0.1, 0.15) is 5.69 Å². The van der Waals surface area contributed by atoms with Gasteiger partial charge in [0.25, 0.3) is 5.91 Å². The Bertz CT molecular complexity index is 1000. The molecule has 0 radical (unpaired) electrons. The maximum Gasteiger partial charge on any atom is 0.338 e. The van der Waals surface area contributed by atoms with Gasteiger partial charge in [0, 0.05) is 23.5 Å². The van der Waals surface area contributed by atoms with E-state index < -0.39 is 11.9 Å². The van der Waals surface area contributed by atoms with Gasteiger partial charge in [-0.15, -0.1) is 11.3 Å². The molecule has 0 aliphatic rings. The first-order valence-corrected chi connectivity index (χ1v) is 9.52. The van der Waals surface area contributed by atoms with E-state index in [1.165, 1.54) is 29.9 Å². The van der Waals surface area contributed by atoms with Crippen molar-refractivity contribution in [3.63, 3.8) is 0 Å². The van der Waals surface area contributed by atoms with Crippen molar-refractivity contribution in [1.29, 1.82) is 0 Å². The number of aromatic nitrogens is 3. The number of hydrogen-bond acceptors (Lipinski definition) is 8. The summed E-state index contributed by atoms with van der Waals surface area (Å²) in [4.78, 5) is 47.9. The summed E-state index contributed by atoms with van der Waals surface area (Å²) in [5, 5.41) is 7.40. The van der Waals surface area contributed by atoms with Crippen molar-refractivity contribution in [1.82, 2.24) is 15.0 Å². The van der Waals surface area contributed by atoms with Crippen LogP contribution in [0, 0.1) is 0 Å². The Morgan fingerprint density at radius 1 is 1.10 bits per heavy atom. The van der Waals surface area contributed by atoms with Crippen molar-refractivity contribution in [2.75, 3.05) is 17.2 Å². The first kappa shape index (κ1) is 20.1. The normalized spacial score (nSPS) is 10.2. The first-order chi connectivity index (χ1) is 14.0. The van der Waals surface area contributed by atoms with Crippen molar-refractivity contribution in [3.8, 4) is 0 Å². The molecule has 3 aromatic rings. The van der Waals surface area contributed by atoms with Gasteiger partial charge in [0.05, 0.1) is 30.5 Å². The number of amides is 2. The topological polar surface area (TPSA) is 123 Å². The number of ether oxygens (including phenoxy) is 1. The summed E-state index contributed by atoms with van der Waals surface area (Å²) in [6.45, 7) is 2.03. The molecule has 0 aliphatic carbocycles. The number of thiazole rings is 1. The van der Waals surface area contributed by atoms with Crippen LogP contribution in [0.2, 0.25) is 0 Å². The zero-order valence-electron chi connectivity index (χ0n) is 15.4. The number of esters is 1. The highest BCUT2D eigenvalue weighted by Crippen LogP contribution is 2.17. The summed E-state index contributed by atoms with van der Waals surface area (Å²) in [5.41, 5.74) is 1.65. The van der Waals surface area contributed by atoms with Crippen molar-refractivity contribution >= 4 is 39.9 Å². The maximum atomic E-state index is 12.2. The van der Waals surface area contributed by atoms with E-state index in [4.69, 9.17) is 4.74 Å². The van der Waals surface area contributed by atoms with E-state index in [0.717, 1.165) is 0 Å². The number of nitrogens with zero attached hydrogens (tertiary/aromatic N) is 3. The van der Waals surface area contributed by atoms with Gasteiger partial charge in [0.15, 0.2) is 5.13 Å². The third-order valence-electron chi connectivity index (χ3n) is 3.59. The molecule has 0 saturated heterocycles. The van der Waals surface area contributed by atoms with E-state index in [2.05, 4.69) is 25.6 Å². The van der Waals surface area contributed by atoms with Crippen LogP contribution in [0.1, 0.15) is 33.5 Å². The summed E-state index contributed by atoms with van der Waals surface area (Å²) < 4.78 is 4.92. The van der Waals surface area contributed by atoms with Crippen LogP contribution in [0.25, 0.3) is 0 Å². The fourth-order valence-electron chi connectivity index (χ4n) is 2.30. The lowest BCUT2D eigenvalue weighted by Gasteiger charge is -2.06. The molecule has 0 fully saturated rings. The Labute approximate surface area is 170 Å². The number of carbonyl (C=O) groups excluding carboxylic acids is 3. The van der Waals surface area contributed by atoms with Crippen molar-refractivity contribution < 1.29 is 19.1 Å². The Hall–Kier alpha value is -3.66. The Morgan fingerprint density at radius 2 is 1.90 bits per heavy atom. The Balaban J connectivity index is 1.53. The highest BCUT2D eigenvalue weighted by molar-refractivity contribution is 7.14. The SMILES string of the molecule is CCOC(=O)c1ccc(NC(=O)Cc2csc(NC(=O)c3cnccn3)n2)cc1. The minimum absolute atomic E-state index is 0.0388. The minimum atomic E-state index is -0.426. The molecule has 0 atom stereocenters. The lowest BCUT2D eigenvalue weighted by atomic mass is 10.2. The van der Waals surface area contributed by atoms with Gasteiger partial charge in [-0.05, 0) is 31.2 Å². The molecule has 0 saturated carbocycles. The van der Waals surface area contributed by atoms with Crippen LogP contribution in [0.15, 0.2) is 48.2 Å². The number of nitrogens with one attached hydrogen (secondary N) is 2. The van der Waals surface area contributed by atoms with E-state index >= 15 is 0 Å². The fourth-order valence-corrected chi connectivity index (χ4v) is 3.00. The van der Waals surface area contributed by atoms with Gasteiger partial charge in [-0.25, -0.2) is 14.8 Å². The number of hydrogen-bond donors (Lipinski definition) is 2. The molecular weight excluding hydrogens is 394 g/mol. The average molecular weight is 411 g/mol. The molecule has 1 aromatic carbocycles. The molecule has 2 heterocycles. The molecule has 0 bridgehead atoms. The standard InChI is InChI=1S/C19H17N5O4S/c1-2-28-18(27)12-3-5-13(6-4-12)22-16(25)9-14-11-29-19(23-14)24-17(26)15-10-20-7-8-21-15/h3-8,10-11H,2,9H2,1H3,(H,22,25)(H,23,24,26). The smallest absolute Gasteiger partial charge is 0.338 e. The molecule has 2 N–H and O–H groups in total. The molecule has 2 aromatic heterocycles. The first-order valence-electron chi connectivity index (χ1n) is 8.64. The molecule has 9 nitrogen and oxygen atoms in total. The summed E-state index contributed by atoms with van der Waals surface area (Å²) >= 11 is 1.21. The summed E-state index contributed by atoms with van der Waals surface area (Å²) in [7, 11) is 0. The second-order valence-corrected chi connectivity index (χ2v) is 6.57. The van der Waals surface area contributed by atoms with Crippen molar-refractivity contribution in [2.24, 2.45) is 0 Å². The second kappa shape index (κ2) is 9.51. The second-order valence-electron chi connectivity index (χ2n) is 5.71. The lowest BCUT2D eigenvalue weighted by molar-refractivity contribution is -0.115. The third-order valence-corrected chi connectivity index (χ3v) is 4.40.